The molecule has 0 fully saturated rings. The van der Waals surface area contributed by atoms with E-state index in [2.05, 4.69) is 4.98 Å². The van der Waals surface area contributed by atoms with Gasteiger partial charge in [-0.3, -0.25) is 4.98 Å². The van der Waals surface area contributed by atoms with E-state index in [1.54, 1.807) is 18.3 Å². The average molecular weight is 227 g/mol. The van der Waals surface area contributed by atoms with Gasteiger partial charge >= 0.3 is 0 Å². The normalized spacial score (nSPS) is 10.8. The van der Waals surface area contributed by atoms with Gasteiger partial charge in [0.15, 0.2) is 0 Å². The number of rotatable bonds is 1. The summed E-state index contributed by atoms with van der Waals surface area (Å²) in [6.07, 6.45) is 1.69. The highest BCUT2D eigenvalue weighted by Crippen LogP contribution is 2.30. The van der Waals surface area contributed by atoms with Gasteiger partial charge < -0.3 is 5.73 Å². The van der Waals surface area contributed by atoms with Crippen LogP contribution in [0.25, 0.3) is 10.8 Å². The number of hydrogen-bond donors (Lipinski definition) is 1. The van der Waals surface area contributed by atoms with Crippen LogP contribution in [0.4, 0.5) is 0 Å². The molecule has 2 rings (SSSR count). The molecular formula is C10H8Cl2N2. The summed E-state index contributed by atoms with van der Waals surface area (Å²) in [5, 5.41) is 3.05. The molecule has 0 amide bonds. The third kappa shape index (κ3) is 1.46. The maximum atomic E-state index is 6.06. The Hall–Kier alpha value is -0.830. The number of benzene rings is 1. The quantitative estimate of drug-likeness (QED) is 0.813. The van der Waals surface area contributed by atoms with Crippen molar-refractivity contribution >= 4 is 34.0 Å². The second kappa shape index (κ2) is 3.73. The van der Waals surface area contributed by atoms with Crippen LogP contribution < -0.4 is 5.73 Å². The Morgan fingerprint density at radius 2 is 1.86 bits per heavy atom. The Balaban J connectivity index is 2.92. The highest BCUT2D eigenvalue weighted by Gasteiger charge is 2.07. The van der Waals surface area contributed by atoms with Gasteiger partial charge in [0.25, 0.3) is 0 Å². The van der Waals surface area contributed by atoms with Gasteiger partial charge in [-0.25, -0.2) is 0 Å². The molecule has 2 aromatic rings. The molecule has 14 heavy (non-hydrogen) atoms. The molecule has 0 aliphatic heterocycles. The second-order valence-corrected chi connectivity index (χ2v) is 3.73. The molecule has 2 nitrogen and oxygen atoms in total. The van der Waals surface area contributed by atoms with Crippen molar-refractivity contribution in [3.63, 3.8) is 0 Å². The third-order valence-corrected chi connectivity index (χ3v) is 2.74. The summed E-state index contributed by atoms with van der Waals surface area (Å²) in [5.74, 6) is 0. The standard InChI is InChI=1S/C10H8Cl2N2/c11-7-1-2-8(12)10-6(7)3-4-14-9(10)5-13/h1-4H,5,13H2. The third-order valence-electron chi connectivity index (χ3n) is 2.09. The minimum Gasteiger partial charge on any atom is -0.325 e. The number of aromatic nitrogens is 1. The maximum Gasteiger partial charge on any atom is 0.0633 e. The number of nitrogens with zero attached hydrogens (tertiary/aromatic N) is 1. The number of halogens is 2. The molecule has 0 radical (unpaired) electrons. The van der Waals surface area contributed by atoms with Crippen molar-refractivity contribution in [2.45, 2.75) is 6.54 Å². The molecule has 0 unspecified atom stereocenters. The molecule has 1 heterocycles. The first-order valence-electron chi connectivity index (χ1n) is 4.15. The van der Waals surface area contributed by atoms with Gasteiger partial charge in [0, 0.05) is 28.5 Å². The van der Waals surface area contributed by atoms with E-state index in [-0.39, 0.29) is 0 Å². The van der Waals surface area contributed by atoms with Gasteiger partial charge in [0.05, 0.1) is 10.7 Å². The first-order chi connectivity index (χ1) is 6.74. The lowest BCUT2D eigenvalue weighted by Crippen LogP contribution is -2.00. The second-order valence-electron chi connectivity index (χ2n) is 2.91. The SMILES string of the molecule is NCc1nccc2c(Cl)ccc(Cl)c12. The minimum atomic E-state index is 0.359. The zero-order chi connectivity index (χ0) is 10.1. The molecule has 72 valence electrons. The fraction of sp³-hybridized carbons (Fsp3) is 0.100. The molecule has 2 N–H and O–H groups in total. The van der Waals surface area contributed by atoms with Crippen molar-refractivity contribution in [3.8, 4) is 0 Å². The van der Waals surface area contributed by atoms with Crippen LogP contribution in [0.1, 0.15) is 5.69 Å². The number of pyridine rings is 1. The molecule has 1 aromatic carbocycles. The van der Waals surface area contributed by atoms with Gasteiger partial charge in [-0.05, 0) is 18.2 Å². The zero-order valence-corrected chi connectivity index (χ0v) is 8.81. The van der Waals surface area contributed by atoms with Crippen LogP contribution >= 0.6 is 23.2 Å². The molecule has 4 heteroatoms. The predicted octanol–water partition coefficient (Wildman–Crippen LogP) is 3.00. The lowest BCUT2D eigenvalue weighted by Gasteiger charge is -2.06. The zero-order valence-electron chi connectivity index (χ0n) is 7.30. The Labute approximate surface area is 91.6 Å². The summed E-state index contributed by atoms with van der Waals surface area (Å²) < 4.78 is 0. The summed E-state index contributed by atoms with van der Waals surface area (Å²) in [4.78, 5) is 4.16. The van der Waals surface area contributed by atoms with Gasteiger partial charge in [-0.2, -0.15) is 0 Å². The highest BCUT2D eigenvalue weighted by molar-refractivity contribution is 6.40. The van der Waals surface area contributed by atoms with E-state index in [0.717, 1.165) is 16.5 Å². The lowest BCUT2D eigenvalue weighted by molar-refractivity contribution is 1.01. The van der Waals surface area contributed by atoms with Crippen LogP contribution in [0.3, 0.4) is 0 Å². The number of hydrogen-bond acceptors (Lipinski definition) is 2. The highest BCUT2D eigenvalue weighted by atomic mass is 35.5. The molecule has 0 aliphatic rings. The van der Waals surface area contributed by atoms with Crippen LogP contribution in [0.5, 0.6) is 0 Å². The predicted molar refractivity (Wildman–Crippen MR) is 59.7 cm³/mol. The Bertz CT molecular complexity index is 483. The van der Waals surface area contributed by atoms with Gasteiger partial charge in [0.1, 0.15) is 0 Å². The largest absolute Gasteiger partial charge is 0.325 e. The number of fused-ring (bicyclic) bond motifs is 1. The molecule has 0 spiro atoms. The topological polar surface area (TPSA) is 38.9 Å². The molecule has 1 aromatic heterocycles. The Kier molecular flexibility index (Phi) is 2.59. The summed E-state index contributed by atoms with van der Waals surface area (Å²) in [6, 6.07) is 5.36. The van der Waals surface area contributed by atoms with Crippen LogP contribution in [0.15, 0.2) is 24.4 Å². The van der Waals surface area contributed by atoms with Crippen molar-refractivity contribution in [1.82, 2.24) is 4.98 Å². The maximum absolute atomic E-state index is 6.06. The summed E-state index contributed by atoms with van der Waals surface area (Å²) >= 11 is 12.1. The summed E-state index contributed by atoms with van der Waals surface area (Å²) in [7, 11) is 0. The number of nitrogens with two attached hydrogens (primary N) is 1. The Morgan fingerprint density at radius 1 is 1.14 bits per heavy atom. The molecule has 0 aliphatic carbocycles. The smallest absolute Gasteiger partial charge is 0.0633 e. The van der Waals surface area contributed by atoms with Crippen molar-refractivity contribution in [2.75, 3.05) is 0 Å². The van der Waals surface area contributed by atoms with Crippen molar-refractivity contribution in [3.05, 3.63) is 40.1 Å². The molecular weight excluding hydrogens is 219 g/mol. The average Bonchev–Trinajstić information content (AvgIpc) is 2.23. The van der Waals surface area contributed by atoms with Crippen molar-refractivity contribution in [1.29, 1.82) is 0 Å². The van der Waals surface area contributed by atoms with Crippen LogP contribution in [-0.2, 0) is 6.54 Å². The van der Waals surface area contributed by atoms with Gasteiger partial charge in [-0.1, -0.05) is 23.2 Å². The van der Waals surface area contributed by atoms with Crippen LogP contribution in [0.2, 0.25) is 10.0 Å². The molecule has 0 bridgehead atoms. The molecule has 0 saturated heterocycles. The summed E-state index contributed by atoms with van der Waals surface area (Å²) in [6.45, 7) is 0.359. The van der Waals surface area contributed by atoms with E-state index in [4.69, 9.17) is 28.9 Å². The first kappa shape index (κ1) is 9.71. The van der Waals surface area contributed by atoms with Crippen LogP contribution in [0, 0.1) is 0 Å². The van der Waals surface area contributed by atoms with Gasteiger partial charge in [-0.15, -0.1) is 0 Å². The fourth-order valence-electron chi connectivity index (χ4n) is 1.44. The van der Waals surface area contributed by atoms with E-state index in [0.29, 0.717) is 16.6 Å². The monoisotopic (exact) mass is 226 g/mol. The van der Waals surface area contributed by atoms with E-state index in [1.165, 1.54) is 0 Å². The molecule has 0 atom stereocenters. The lowest BCUT2D eigenvalue weighted by atomic mass is 10.1. The van der Waals surface area contributed by atoms with E-state index < -0.39 is 0 Å². The van der Waals surface area contributed by atoms with E-state index in [1.807, 2.05) is 6.07 Å². The van der Waals surface area contributed by atoms with Crippen molar-refractivity contribution in [2.24, 2.45) is 5.73 Å². The minimum absolute atomic E-state index is 0.359. The van der Waals surface area contributed by atoms with Gasteiger partial charge in [0.2, 0.25) is 0 Å². The van der Waals surface area contributed by atoms with E-state index in [9.17, 15) is 0 Å². The molecule has 0 saturated carbocycles. The van der Waals surface area contributed by atoms with Crippen molar-refractivity contribution < 1.29 is 0 Å². The first-order valence-corrected chi connectivity index (χ1v) is 4.91. The fourth-order valence-corrected chi connectivity index (χ4v) is 1.94. The summed E-state index contributed by atoms with van der Waals surface area (Å²) in [5.41, 5.74) is 6.34. The van der Waals surface area contributed by atoms with E-state index >= 15 is 0 Å². The Morgan fingerprint density at radius 3 is 2.57 bits per heavy atom. The van der Waals surface area contributed by atoms with Crippen LogP contribution in [-0.4, -0.2) is 4.98 Å².